The van der Waals surface area contributed by atoms with Crippen LogP contribution in [0.4, 0.5) is 0 Å². The Morgan fingerprint density at radius 2 is 1.65 bits per heavy atom. The molecule has 0 amide bonds. The number of carboxylic acid groups (broad SMARTS) is 3. The summed E-state index contributed by atoms with van der Waals surface area (Å²) in [5.74, 6) is -4.57. The molecular weight excluding hydrogens is 272 g/mol. The van der Waals surface area contributed by atoms with E-state index in [1.807, 2.05) is 0 Å². The maximum absolute atomic E-state index is 10.8. The summed E-state index contributed by atoms with van der Waals surface area (Å²) in [5.41, 5.74) is 0.176. The van der Waals surface area contributed by atoms with Crippen molar-refractivity contribution < 1.29 is 39.2 Å². The van der Waals surface area contributed by atoms with E-state index in [2.05, 4.69) is 17.9 Å². The highest BCUT2D eigenvalue weighted by atomic mass is 16.6. The highest BCUT2D eigenvalue weighted by Crippen LogP contribution is 2.01. The third kappa shape index (κ3) is 11.8. The van der Waals surface area contributed by atoms with Gasteiger partial charge in [0, 0.05) is 5.57 Å². The molecule has 0 heterocycles. The van der Waals surface area contributed by atoms with Crippen molar-refractivity contribution in [2.24, 2.45) is 0 Å². The summed E-state index contributed by atoms with van der Waals surface area (Å²) >= 11 is 0. The van der Waals surface area contributed by atoms with Crippen molar-refractivity contribution in [3.05, 3.63) is 24.8 Å². The smallest absolute Gasteiger partial charge is 0.345 e. The summed E-state index contributed by atoms with van der Waals surface area (Å²) in [4.78, 5) is 41.0. The zero-order valence-corrected chi connectivity index (χ0v) is 10.9. The first-order valence-corrected chi connectivity index (χ1v) is 5.25. The summed E-state index contributed by atoms with van der Waals surface area (Å²) in [5, 5.41) is 24.7. The molecule has 0 saturated heterocycles. The molecule has 1 unspecified atom stereocenters. The molecule has 0 spiro atoms. The third-order valence-corrected chi connectivity index (χ3v) is 1.59. The minimum Gasteiger partial charge on any atom is -0.481 e. The van der Waals surface area contributed by atoms with Gasteiger partial charge in [0.1, 0.15) is 0 Å². The van der Waals surface area contributed by atoms with Crippen molar-refractivity contribution in [1.82, 2.24) is 0 Å². The van der Waals surface area contributed by atoms with E-state index >= 15 is 0 Å². The Labute approximate surface area is 115 Å². The normalized spacial score (nSPS) is 10.2. The van der Waals surface area contributed by atoms with Crippen LogP contribution >= 0.6 is 0 Å². The van der Waals surface area contributed by atoms with Crippen molar-refractivity contribution >= 4 is 23.9 Å². The molecule has 0 aromatic carbocycles. The zero-order chi connectivity index (χ0) is 16.3. The monoisotopic (exact) mass is 288 g/mol. The van der Waals surface area contributed by atoms with Crippen LogP contribution in [0.1, 0.15) is 19.8 Å². The molecule has 0 rings (SSSR count). The van der Waals surface area contributed by atoms with Crippen LogP contribution in [-0.2, 0) is 23.9 Å². The van der Waals surface area contributed by atoms with Gasteiger partial charge >= 0.3 is 23.9 Å². The average Bonchev–Trinajstić information content (AvgIpc) is 2.28. The second-order valence-corrected chi connectivity index (χ2v) is 3.49. The number of carbonyl (C=O) groups is 4. The molecule has 8 nitrogen and oxygen atoms in total. The Hall–Kier alpha value is -2.64. The van der Waals surface area contributed by atoms with Crippen molar-refractivity contribution in [1.29, 1.82) is 0 Å². The summed E-state index contributed by atoms with van der Waals surface area (Å²) in [6, 6.07) is 0. The molecule has 0 aliphatic rings. The first-order valence-electron chi connectivity index (χ1n) is 5.25. The summed E-state index contributed by atoms with van der Waals surface area (Å²) in [6.45, 7) is 7.85. The number of carboxylic acids is 3. The highest BCUT2D eigenvalue weighted by Gasteiger charge is 2.24. The van der Waals surface area contributed by atoms with Crippen LogP contribution < -0.4 is 0 Å². The van der Waals surface area contributed by atoms with E-state index in [-0.39, 0.29) is 12.0 Å². The molecule has 8 heteroatoms. The molecule has 0 bridgehead atoms. The number of carbonyl (C=O) groups excluding carboxylic acids is 1. The van der Waals surface area contributed by atoms with Crippen LogP contribution in [0.2, 0.25) is 0 Å². The fraction of sp³-hybridized carbons (Fsp3) is 0.333. The number of hydrogen-bond donors (Lipinski definition) is 3. The Morgan fingerprint density at radius 3 is 1.90 bits per heavy atom. The van der Waals surface area contributed by atoms with E-state index in [1.54, 1.807) is 0 Å². The maximum atomic E-state index is 10.8. The van der Waals surface area contributed by atoms with Crippen molar-refractivity contribution in [2.75, 3.05) is 0 Å². The minimum absolute atomic E-state index is 0.149. The van der Waals surface area contributed by atoms with Gasteiger partial charge in [-0.2, -0.15) is 0 Å². The molecular formula is C12H16O8. The molecule has 0 aromatic rings. The second-order valence-electron chi connectivity index (χ2n) is 3.49. The zero-order valence-electron chi connectivity index (χ0n) is 10.9. The number of aliphatic carboxylic acids is 3. The largest absolute Gasteiger partial charge is 0.481 e. The van der Waals surface area contributed by atoms with Crippen molar-refractivity contribution in [3.63, 3.8) is 0 Å². The number of rotatable bonds is 7. The van der Waals surface area contributed by atoms with E-state index in [9.17, 15) is 19.2 Å². The van der Waals surface area contributed by atoms with Crippen LogP contribution in [0, 0.1) is 0 Å². The van der Waals surface area contributed by atoms with Gasteiger partial charge in [-0.1, -0.05) is 12.7 Å². The fourth-order valence-electron chi connectivity index (χ4n) is 0.663. The maximum Gasteiger partial charge on any atom is 0.345 e. The number of esters is 1. The van der Waals surface area contributed by atoms with Crippen LogP contribution in [0.3, 0.4) is 0 Å². The standard InChI is InChI=1S/C8H10O6.C4H6O2/c1-2-3-7(11)14-5(8(12)13)4-6(9)10;1-3(2)4(5)6/h2,5H,1,3-4H2,(H,9,10)(H,12,13);1H2,2H3,(H,5,6). The number of hydrogen-bond acceptors (Lipinski definition) is 5. The first kappa shape index (κ1) is 19.7. The van der Waals surface area contributed by atoms with Gasteiger partial charge in [0.15, 0.2) is 0 Å². The molecule has 3 N–H and O–H groups in total. The van der Waals surface area contributed by atoms with E-state index < -0.39 is 36.4 Å². The lowest BCUT2D eigenvalue weighted by molar-refractivity contribution is -0.166. The van der Waals surface area contributed by atoms with Crippen molar-refractivity contribution in [3.8, 4) is 0 Å². The molecule has 0 aromatic heterocycles. The quantitative estimate of drug-likeness (QED) is 0.353. The Bertz CT molecular complexity index is 398. The molecule has 0 fully saturated rings. The summed E-state index contributed by atoms with van der Waals surface area (Å²) in [6.07, 6.45) is -1.30. The van der Waals surface area contributed by atoms with E-state index in [0.29, 0.717) is 0 Å². The Morgan fingerprint density at radius 1 is 1.20 bits per heavy atom. The molecule has 0 saturated carbocycles. The van der Waals surface area contributed by atoms with Gasteiger partial charge in [-0.05, 0) is 6.92 Å². The molecule has 0 aliphatic carbocycles. The highest BCUT2D eigenvalue weighted by molar-refractivity contribution is 5.84. The predicted molar refractivity (Wildman–Crippen MR) is 67.0 cm³/mol. The SMILES string of the molecule is C=C(C)C(=O)O.C=CCC(=O)OC(CC(=O)O)C(=O)O. The number of ether oxygens (including phenoxy) is 1. The van der Waals surface area contributed by atoms with Crippen LogP contribution in [0.15, 0.2) is 24.8 Å². The van der Waals surface area contributed by atoms with Gasteiger partial charge in [-0.15, -0.1) is 6.58 Å². The van der Waals surface area contributed by atoms with Gasteiger partial charge in [-0.25, -0.2) is 9.59 Å². The van der Waals surface area contributed by atoms with Crippen LogP contribution in [-0.4, -0.2) is 45.3 Å². The van der Waals surface area contributed by atoms with E-state index in [4.69, 9.17) is 15.3 Å². The fourth-order valence-corrected chi connectivity index (χ4v) is 0.663. The Kier molecular flexibility index (Phi) is 10.1. The lowest BCUT2D eigenvalue weighted by atomic mass is 10.2. The molecule has 112 valence electrons. The van der Waals surface area contributed by atoms with Crippen LogP contribution in [0.25, 0.3) is 0 Å². The van der Waals surface area contributed by atoms with Gasteiger partial charge < -0.3 is 20.1 Å². The lowest BCUT2D eigenvalue weighted by Crippen LogP contribution is -2.29. The van der Waals surface area contributed by atoms with E-state index in [0.717, 1.165) is 0 Å². The molecule has 20 heavy (non-hydrogen) atoms. The first-order chi connectivity index (χ1) is 9.11. The van der Waals surface area contributed by atoms with E-state index in [1.165, 1.54) is 13.0 Å². The molecule has 1 atom stereocenters. The van der Waals surface area contributed by atoms with Crippen LogP contribution in [0.5, 0.6) is 0 Å². The summed E-state index contributed by atoms with van der Waals surface area (Å²) < 4.78 is 4.37. The molecule has 0 radical (unpaired) electrons. The van der Waals surface area contributed by atoms with Gasteiger partial charge in [0.05, 0.1) is 12.8 Å². The topological polar surface area (TPSA) is 138 Å². The Balaban J connectivity index is 0. The van der Waals surface area contributed by atoms with Gasteiger partial charge in [0.2, 0.25) is 6.10 Å². The summed E-state index contributed by atoms with van der Waals surface area (Å²) in [7, 11) is 0. The minimum atomic E-state index is -1.64. The lowest BCUT2D eigenvalue weighted by Gasteiger charge is -2.10. The second kappa shape index (κ2) is 10.3. The van der Waals surface area contributed by atoms with Gasteiger partial charge in [0.25, 0.3) is 0 Å². The average molecular weight is 288 g/mol. The predicted octanol–water partition coefficient (Wildman–Crippen LogP) is 0.681. The van der Waals surface area contributed by atoms with Gasteiger partial charge in [-0.3, -0.25) is 9.59 Å². The molecule has 0 aliphatic heterocycles. The van der Waals surface area contributed by atoms with Crippen molar-refractivity contribution in [2.45, 2.75) is 25.9 Å². The third-order valence-electron chi connectivity index (χ3n) is 1.59.